The van der Waals surface area contributed by atoms with E-state index in [1.807, 2.05) is 50.1 Å². The van der Waals surface area contributed by atoms with E-state index in [-0.39, 0.29) is 18.6 Å². The van der Waals surface area contributed by atoms with E-state index < -0.39 is 0 Å². The van der Waals surface area contributed by atoms with Crippen molar-refractivity contribution in [1.82, 2.24) is 4.90 Å². The first-order valence-corrected chi connectivity index (χ1v) is 5.70. The number of amides is 1. The Kier molecular flexibility index (Phi) is 4.97. The van der Waals surface area contributed by atoms with Crippen molar-refractivity contribution in [2.45, 2.75) is 26.5 Å². The van der Waals surface area contributed by atoms with Gasteiger partial charge in [-0.1, -0.05) is 12.1 Å². The molecule has 4 nitrogen and oxygen atoms in total. The Balaban J connectivity index is 2.62. The van der Waals surface area contributed by atoms with Crippen LogP contribution in [0.5, 0.6) is 5.75 Å². The molecule has 1 rings (SSSR count). The van der Waals surface area contributed by atoms with Crippen molar-refractivity contribution in [2.75, 3.05) is 13.6 Å². The van der Waals surface area contributed by atoms with Gasteiger partial charge in [-0.3, -0.25) is 9.69 Å². The molecule has 0 aliphatic heterocycles. The van der Waals surface area contributed by atoms with Crippen LogP contribution in [0.15, 0.2) is 24.3 Å². The average Bonchev–Trinajstić information content (AvgIpc) is 2.14. The number of hydrogen-bond donors (Lipinski definition) is 1. The maximum atomic E-state index is 10.8. The second kappa shape index (κ2) is 6.25. The molecule has 0 radical (unpaired) electrons. The van der Waals surface area contributed by atoms with Crippen LogP contribution in [0.2, 0.25) is 0 Å². The molecule has 0 spiro atoms. The van der Waals surface area contributed by atoms with Crippen molar-refractivity contribution in [3.63, 3.8) is 0 Å². The van der Waals surface area contributed by atoms with Gasteiger partial charge >= 0.3 is 0 Å². The van der Waals surface area contributed by atoms with Crippen LogP contribution in [0.1, 0.15) is 19.4 Å². The average molecular weight is 236 g/mol. The van der Waals surface area contributed by atoms with Crippen LogP contribution < -0.4 is 10.5 Å². The highest BCUT2D eigenvalue weighted by molar-refractivity contribution is 5.75. The lowest BCUT2D eigenvalue weighted by Gasteiger charge is -2.16. The summed E-state index contributed by atoms with van der Waals surface area (Å²) in [5.41, 5.74) is 6.24. The first kappa shape index (κ1) is 13.5. The largest absolute Gasteiger partial charge is 0.491 e. The Bertz CT molecular complexity index is 377. The fourth-order valence-corrected chi connectivity index (χ4v) is 1.62. The van der Waals surface area contributed by atoms with Crippen molar-refractivity contribution in [3.05, 3.63) is 29.8 Å². The molecule has 17 heavy (non-hydrogen) atoms. The number of primary amides is 1. The number of benzene rings is 1. The topological polar surface area (TPSA) is 55.6 Å². The third-order valence-electron chi connectivity index (χ3n) is 2.15. The molecule has 0 aromatic heterocycles. The number of nitrogens with two attached hydrogens (primary N) is 1. The van der Waals surface area contributed by atoms with E-state index in [0.717, 1.165) is 11.3 Å². The molecule has 1 aromatic rings. The van der Waals surface area contributed by atoms with Gasteiger partial charge in [0.2, 0.25) is 5.91 Å². The number of ether oxygens (including phenoxy) is 1. The molecular formula is C13H20N2O2. The van der Waals surface area contributed by atoms with Gasteiger partial charge in [-0.05, 0) is 38.6 Å². The number of carbonyl (C=O) groups is 1. The summed E-state index contributed by atoms with van der Waals surface area (Å²) < 4.78 is 5.61. The fraction of sp³-hybridized carbons (Fsp3) is 0.462. The minimum absolute atomic E-state index is 0.161. The fourth-order valence-electron chi connectivity index (χ4n) is 1.62. The Labute approximate surface area is 102 Å². The van der Waals surface area contributed by atoms with Crippen LogP contribution in [0.25, 0.3) is 0 Å². The number of hydrogen-bond acceptors (Lipinski definition) is 3. The van der Waals surface area contributed by atoms with E-state index in [2.05, 4.69) is 0 Å². The second-order valence-electron chi connectivity index (χ2n) is 4.45. The molecule has 0 saturated carbocycles. The van der Waals surface area contributed by atoms with Crippen LogP contribution in [-0.2, 0) is 11.3 Å². The molecule has 1 aromatic carbocycles. The summed E-state index contributed by atoms with van der Waals surface area (Å²) in [6, 6.07) is 7.87. The van der Waals surface area contributed by atoms with E-state index >= 15 is 0 Å². The van der Waals surface area contributed by atoms with Gasteiger partial charge < -0.3 is 10.5 Å². The van der Waals surface area contributed by atoms with E-state index in [4.69, 9.17) is 10.5 Å². The van der Waals surface area contributed by atoms with Crippen LogP contribution in [0, 0.1) is 0 Å². The van der Waals surface area contributed by atoms with Crippen LogP contribution in [0.3, 0.4) is 0 Å². The number of rotatable bonds is 6. The van der Waals surface area contributed by atoms with Gasteiger partial charge in [0.15, 0.2) is 0 Å². The zero-order valence-corrected chi connectivity index (χ0v) is 10.6. The number of nitrogens with zero attached hydrogens (tertiary/aromatic N) is 1. The van der Waals surface area contributed by atoms with Gasteiger partial charge in [-0.2, -0.15) is 0 Å². The van der Waals surface area contributed by atoms with Gasteiger partial charge in [-0.25, -0.2) is 0 Å². The van der Waals surface area contributed by atoms with E-state index in [9.17, 15) is 4.79 Å². The summed E-state index contributed by atoms with van der Waals surface area (Å²) in [6.07, 6.45) is 0.161. The third-order valence-corrected chi connectivity index (χ3v) is 2.15. The molecule has 0 saturated heterocycles. The number of likely N-dealkylation sites (N-methyl/N-ethyl adjacent to an activating group) is 1. The molecule has 94 valence electrons. The van der Waals surface area contributed by atoms with Gasteiger partial charge in [0, 0.05) is 6.54 Å². The highest BCUT2D eigenvalue weighted by Gasteiger charge is 2.05. The zero-order chi connectivity index (χ0) is 12.8. The summed E-state index contributed by atoms with van der Waals surface area (Å²) in [7, 11) is 1.86. The maximum Gasteiger partial charge on any atom is 0.231 e. The van der Waals surface area contributed by atoms with E-state index in [0.29, 0.717) is 6.54 Å². The van der Waals surface area contributed by atoms with Gasteiger partial charge in [0.05, 0.1) is 12.6 Å². The quantitative estimate of drug-likeness (QED) is 0.812. The summed E-state index contributed by atoms with van der Waals surface area (Å²) in [5, 5.41) is 0. The van der Waals surface area contributed by atoms with Crippen molar-refractivity contribution >= 4 is 5.91 Å². The van der Waals surface area contributed by atoms with Crippen molar-refractivity contribution < 1.29 is 9.53 Å². The van der Waals surface area contributed by atoms with Gasteiger partial charge in [0.1, 0.15) is 5.75 Å². The van der Waals surface area contributed by atoms with Crippen molar-refractivity contribution in [3.8, 4) is 5.75 Å². The summed E-state index contributed by atoms with van der Waals surface area (Å²) in [6.45, 7) is 4.92. The molecule has 4 heteroatoms. The lowest BCUT2D eigenvalue weighted by molar-refractivity contribution is -0.118. The molecule has 1 amide bonds. The molecule has 2 N–H and O–H groups in total. The lowest BCUT2D eigenvalue weighted by atomic mass is 10.2. The molecule has 0 aliphatic carbocycles. The predicted molar refractivity (Wildman–Crippen MR) is 67.7 cm³/mol. The van der Waals surface area contributed by atoms with E-state index in [1.54, 1.807) is 0 Å². The number of carbonyl (C=O) groups excluding carboxylic acids is 1. The Morgan fingerprint density at radius 1 is 1.47 bits per heavy atom. The molecule has 0 atom stereocenters. The summed E-state index contributed by atoms with van der Waals surface area (Å²) >= 11 is 0. The van der Waals surface area contributed by atoms with Crippen LogP contribution in [0.4, 0.5) is 0 Å². The Morgan fingerprint density at radius 3 is 2.76 bits per heavy atom. The maximum absolute atomic E-state index is 10.8. The zero-order valence-electron chi connectivity index (χ0n) is 10.6. The van der Waals surface area contributed by atoms with Crippen molar-refractivity contribution in [2.24, 2.45) is 5.73 Å². The molecule has 0 fully saturated rings. The van der Waals surface area contributed by atoms with Crippen molar-refractivity contribution in [1.29, 1.82) is 0 Å². The third kappa shape index (κ3) is 5.36. The highest BCUT2D eigenvalue weighted by atomic mass is 16.5. The first-order valence-electron chi connectivity index (χ1n) is 5.70. The molecule has 0 bridgehead atoms. The normalized spacial score (nSPS) is 10.9. The Hall–Kier alpha value is -1.55. The summed E-state index contributed by atoms with van der Waals surface area (Å²) in [5.74, 6) is 0.534. The Morgan fingerprint density at radius 2 is 2.18 bits per heavy atom. The van der Waals surface area contributed by atoms with E-state index in [1.165, 1.54) is 0 Å². The predicted octanol–water partition coefficient (Wildman–Crippen LogP) is 1.39. The van der Waals surface area contributed by atoms with Gasteiger partial charge in [-0.15, -0.1) is 0 Å². The van der Waals surface area contributed by atoms with Crippen LogP contribution >= 0.6 is 0 Å². The van der Waals surface area contributed by atoms with Crippen LogP contribution in [-0.4, -0.2) is 30.5 Å². The minimum Gasteiger partial charge on any atom is -0.491 e. The lowest BCUT2D eigenvalue weighted by Crippen LogP contribution is -2.30. The standard InChI is InChI=1S/C13H20N2O2/c1-10(2)17-12-6-4-5-11(7-12)8-15(3)9-13(14)16/h4-7,10H,8-9H2,1-3H3,(H2,14,16). The highest BCUT2D eigenvalue weighted by Crippen LogP contribution is 2.15. The summed E-state index contributed by atoms with van der Waals surface area (Å²) in [4.78, 5) is 12.6. The molecule has 0 aliphatic rings. The molecular weight excluding hydrogens is 216 g/mol. The molecule has 0 unspecified atom stereocenters. The SMILES string of the molecule is CC(C)Oc1cccc(CN(C)CC(N)=O)c1. The minimum atomic E-state index is -0.318. The smallest absolute Gasteiger partial charge is 0.231 e. The first-order chi connectivity index (χ1) is 7.97. The molecule has 0 heterocycles. The van der Waals surface area contributed by atoms with Gasteiger partial charge in [0.25, 0.3) is 0 Å². The second-order valence-corrected chi connectivity index (χ2v) is 4.45. The monoisotopic (exact) mass is 236 g/mol.